The third-order valence-electron chi connectivity index (χ3n) is 2.37. The molecule has 104 valence electrons. The number of carbonyl (C=O) groups is 3. The second kappa shape index (κ2) is 9.41. The van der Waals surface area contributed by atoms with E-state index in [1.54, 1.807) is 0 Å². The number of unbranched alkanes of at least 4 members (excludes halogenated alkanes) is 1. The van der Waals surface area contributed by atoms with Gasteiger partial charge >= 0.3 is 11.9 Å². The van der Waals surface area contributed by atoms with Crippen molar-refractivity contribution in [3.05, 3.63) is 0 Å². The molecule has 5 N–H and O–H groups in total. The maximum atomic E-state index is 11.4. The predicted molar refractivity (Wildman–Crippen MR) is 64.0 cm³/mol. The highest BCUT2D eigenvalue weighted by molar-refractivity contribution is 5.83. The fourth-order valence-electron chi connectivity index (χ4n) is 1.42. The second-order valence-electron chi connectivity index (χ2n) is 3.99. The first-order valence-electron chi connectivity index (χ1n) is 5.91. The van der Waals surface area contributed by atoms with Crippen LogP contribution in [0.2, 0.25) is 0 Å². The summed E-state index contributed by atoms with van der Waals surface area (Å²) in [5, 5.41) is 19.7. The Morgan fingerprint density at radius 3 is 2.22 bits per heavy atom. The summed E-state index contributed by atoms with van der Waals surface area (Å²) in [6, 6.07) is -0.922. The molecule has 0 spiro atoms. The molecule has 0 fully saturated rings. The van der Waals surface area contributed by atoms with Crippen LogP contribution in [0.3, 0.4) is 0 Å². The zero-order valence-electron chi connectivity index (χ0n) is 10.2. The Hall–Kier alpha value is -1.63. The Balaban J connectivity index is 3.96. The first kappa shape index (κ1) is 16.4. The standard InChI is InChI=1S/C11H20N2O5/c12-7-2-1-4-8(11(17)18)13-9(14)5-3-6-10(15)16/h8H,1-7,12H2,(H,13,14)(H,15,16)(H,17,18). The van der Waals surface area contributed by atoms with Crippen LogP contribution in [0.25, 0.3) is 0 Å². The predicted octanol–water partition coefficient (Wildman–Crippen LogP) is -0.0603. The number of amides is 1. The summed E-state index contributed by atoms with van der Waals surface area (Å²) in [6.07, 6.45) is 1.79. The van der Waals surface area contributed by atoms with E-state index in [0.717, 1.165) is 0 Å². The van der Waals surface area contributed by atoms with Gasteiger partial charge in [-0.3, -0.25) is 9.59 Å². The minimum atomic E-state index is -1.08. The van der Waals surface area contributed by atoms with E-state index in [0.29, 0.717) is 25.8 Å². The molecule has 0 aromatic carbocycles. The second-order valence-corrected chi connectivity index (χ2v) is 3.99. The minimum Gasteiger partial charge on any atom is -0.481 e. The molecule has 18 heavy (non-hydrogen) atoms. The van der Waals surface area contributed by atoms with Crippen LogP contribution >= 0.6 is 0 Å². The van der Waals surface area contributed by atoms with Crippen molar-refractivity contribution in [1.82, 2.24) is 5.32 Å². The van der Waals surface area contributed by atoms with Gasteiger partial charge in [-0.2, -0.15) is 0 Å². The SMILES string of the molecule is NCCCCC(NC(=O)CCCC(=O)O)C(=O)O. The van der Waals surface area contributed by atoms with Gasteiger partial charge in [0, 0.05) is 12.8 Å². The molecule has 0 saturated carbocycles. The van der Waals surface area contributed by atoms with Gasteiger partial charge in [-0.05, 0) is 32.2 Å². The summed E-state index contributed by atoms with van der Waals surface area (Å²) in [5.41, 5.74) is 5.30. The lowest BCUT2D eigenvalue weighted by Crippen LogP contribution is -2.40. The Kier molecular flexibility index (Phi) is 8.55. The molecule has 0 saturated heterocycles. The van der Waals surface area contributed by atoms with Crippen molar-refractivity contribution in [2.24, 2.45) is 5.73 Å². The monoisotopic (exact) mass is 260 g/mol. The first-order valence-corrected chi connectivity index (χ1v) is 5.91. The van der Waals surface area contributed by atoms with E-state index in [9.17, 15) is 14.4 Å². The molecule has 0 heterocycles. The maximum absolute atomic E-state index is 11.4. The highest BCUT2D eigenvalue weighted by atomic mass is 16.4. The number of carboxylic acids is 2. The molecular weight excluding hydrogens is 240 g/mol. The maximum Gasteiger partial charge on any atom is 0.326 e. The molecule has 0 aliphatic rings. The highest BCUT2D eigenvalue weighted by Gasteiger charge is 2.19. The van der Waals surface area contributed by atoms with Gasteiger partial charge in [0.05, 0.1) is 0 Å². The van der Waals surface area contributed by atoms with E-state index >= 15 is 0 Å². The summed E-state index contributed by atoms with van der Waals surface area (Å²) < 4.78 is 0. The summed E-state index contributed by atoms with van der Waals surface area (Å²) in [7, 11) is 0. The van der Waals surface area contributed by atoms with Crippen molar-refractivity contribution in [2.45, 2.75) is 44.6 Å². The lowest BCUT2D eigenvalue weighted by molar-refractivity contribution is -0.142. The smallest absolute Gasteiger partial charge is 0.326 e. The number of rotatable bonds is 10. The number of nitrogens with two attached hydrogens (primary N) is 1. The number of hydrogen-bond acceptors (Lipinski definition) is 4. The van der Waals surface area contributed by atoms with Gasteiger partial charge in [0.1, 0.15) is 6.04 Å². The van der Waals surface area contributed by atoms with Crippen molar-refractivity contribution >= 4 is 17.8 Å². The van der Waals surface area contributed by atoms with Gasteiger partial charge in [0.2, 0.25) is 5.91 Å². The van der Waals surface area contributed by atoms with Crippen molar-refractivity contribution in [3.8, 4) is 0 Å². The molecule has 0 radical (unpaired) electrons. The molecule has 7 nitrogen and oxygen atoms in total. The zero-order valence-corrected chi connectivity index (χ0v) is 10.2. The number of carboxylic acid groups (broad SMARTS) is 2. The number of aliphatic carboxylic acids is 2. The zero-order chi connectivity index (χ0) is 14.0. The molecule has 1 unspecified atom stereocenters. The molecule has 0 aliphatic carbocycles. The molecule has 0 aromatic rings. The topological polar surface area (TPSA) is 130 Å². The Bertz CT molecular complexity index is 293. The van der Waals surface area contributed by atoms with Gasteiger partial charge in [0.25, 0.3) is 0 Å². The number of carbonyl (C=O) groups excluding carboxylic acids is 1. The van der Waals surface area contributed by atoms with Crippen LogP contribution in [-0.2, 0) is 14.4 Å². The third kappa shape index (κ3) is 8.51. The molecule has 0 aliphatic heterocycles. The molecule has 0 bridgehead atoms. The van der Waals surface area contributed by atoms with Gasteiger partial charge in [-0.15, -0.1) is 0 Å². The van der Waals surface area contributed by atoms with E-state index in [1.807, 2.05) is 0 Å². The average molecular weight is 260 g/mol. The Morgan fingerprint density at radius 1 is 1.06 bits per heavy atom. The van der Waals surface area contributed by atoms with Crippen molar-refractivity contribution in [3.63, 3.8) is 0 Å². The van der Waals surface area contributed by atoms with Crippen LogP contribution in [0.5, 0.6) is 0 Å². The summed E-state index contributed by atoms with van der Waals surface area (Å²) in [5.74, 6) is -2.49. The van der Waals surface area contributed by atoms with E-state index < -0.39 is 23.9 Å². The lowest BCUT2D eigenvalue weighted by Gasteiger charge is -2.14. The molecule has 0 aromatic heterocycles. The van der Waals surface area contributed by atoms with Crippen LogP contribution in [0.15, 0.2) is 0 Å². The largest absolute Gasteiger partial charge is 0.481 e. The number of hydrogen-bond donors (Lipinski definition) is 4. The van der Waals surface area contributed by atoms with E-state index in [1.165, 1.54) is 0 Å². The van der Waals surface area contributed by atoms with Crippen molar-refractivity contribution < 1.29 is 24.6 Å². The van der Waals surface area contributed by atoms with Gasteiger partial charge < -0.3 is 21.3 Å². The average Bonchev–Trinajstić information content (AvgIpc) is 2.27. The highest BCUT2D eigenvalue weighted by Crippen LogP contribution is 2.02. The van der Waals surface area contributed by atoms with E-state index in [2.05, 4.69) is 5.32 Å². The number of nitrogens with one attached hydrogen (secondary N) is 1. The third-order valence-corrected chi connectivity index (χ3v) is 2.37. The van der Waals surface area contributed by atoms with Gasteiger partial charge in [0.15, 0.2) is 0 Å². The van der Waals surface area contributed by atoms with Crippen LogP contribution in [-0.4, -0.2) is 40.6 Å². The van der Waals surface area contributed by atoms with Crippen molar-refractivity contribution in [1.29, 1.82) is 0 Å². The fourth-order valence-corrected chi connectivity index (χ4v) is 1.42. The fraction of sp³-hybridized carbons (Fsp3) is 0.727. The Labute approximate surface area is 105 Å². The van der Waals surface area contributed by atoms with E-state index in [4.69, 9.17) is 15.9 Å². The first-order chi connectivity index (χ1) is 8.47. The lowest BCUT2D eigenvalue weighted by atomic mass is 10.1. The minimum absolute atomic E-state index is 0.0208. The summed E-state index contributed by atoms with van der Waals surface area (Å²) >= 11 is 0. The molecule has 0 rings (SSSR count). The quantitative estimate of drug-likeness (QED) is 0.407. The molecule has 1 atom stereocenters. The van der Waals surface area contributed by atoms with E-state index in [-0.39, 0.29) is 19.3 Å². The van der Waals surface area contributed by atoms with Crippen LogP contribution in [0, 0.1) is 0 Å². The van der Waals surface area contributed by atoms with Gasteiger partial charge in [-0.25, -0.2) is 4.79 Å². The van der Waals surface area contributed by atoms with Crippen LogP contribution in [0.1, 0.15) is 38.5 Å². The summed E-state index contributed by atoms with van der Waals surface area (Å²) in [6.45, 7) is 0.485. The molecule has 7 heteroatoms. The van der Waals surface area contributed by atoms with Gasteiger partial charge in [-0.1, -0.05) is 0 Å². The normalized spacial score (nSPS) is 11.8. The Morgan fingerprint density at radius 2 is 1.72 bits per heavy atom. The molecule has 1 amide bonds. The molecular formula is C11H20N2O5. The van der Waals surface area contributed by atoms with Crippen LogP contribution < -0.4 is 11.1 Å². The summed E-state index contributed by atoms with van der Waals surface area (Å²) in [4.78, 5) is 32.5. The van der Waals surface area contributed by atoms with Crippen molar-refractivity contribution in [2.75, 3.05) is 6.54 Å². The van der Waals surface area contributed by atoms with Crippen LogP contribution in [0.4, 0.5) is 0 Å².